The van der Waals surface area contributed by atoms with Gasteiger partial charge in [0.1, 0.15) is 12.7 Å². The normalized spacial score (nSPS) is 14.7. The lowest BCUT2D eigenvalue weighted by molar-refractivity contribution is -0.147. The zero-order valence-corrected chi connectivity index (χ0v) is 20.2. The molecular weight excluding hydrogens is 476 g/mol. The molecule has 2 N–H and O–H groups in total. The molecule has 0 bridgehead atoms. The van der Waals surface area contributed by atoms with E-state index in [-0.39, 0.29) is 19.2 Å². The summed E-state index contributed by atoms with van der Waals surface area (Å²) in [7, 11) is 0. The van der Waals surface area contributed by atoms with Crippen LogP contribution in [0.4, 0.5) is 0 Å². The highest BCUT2D eigenvalue weighted by Crippen LogP contribution is 2.25. The predicted molar refractivity (Wildman–Crippen MR) is 120 cm³/mol. The molecular formula is C21H40Br2O4. The second-order valence-corrected chi connectivity index (χ2v) is 9.77. The Morgan fingerprint density at radius 1 is 0.852 bits per heavy atom. The van der Waals surface area contributed by atoms with Crippen molar-refractivity contribution < 1.29 is 19.7 Å². The molecule has 0 aromatic rings. The number of aliphatic hydroxyl groups excluding tert-OH is 2. The zero-order valence-electron chi connectivity index (χ0n) is 17.0. The van der Waals surface area contributed by atoms with Crippen LogP contribution in [0.1, 0.15) is 96.8 Å². The third-order valence-corrected chi connectivity index (χ3v) is 7.64. The van der Waals surface area contributed by atoms with Gasteiger partial charge in [0.2, 0.25) is 0 Å². The van der Waals surface area contributed by atoms with E-state index >= 15 is 0 Å². The summed E-state index contributed by atoms with van der Waals surface area (Å²) in [5, 5.41) is 17.8. The van der Waals surface area contributed by atoms with E-state index in [0.29, 0.717) is 16.1 Å². The molecule has 0 radical (unpaired) electrons. The van der Waals surface area contributed by atoms with E-state index in [9.17, 15) is 4.79 Å². The molecule has 0 amide bonds. The van der Waals surface area contributed by atoms with Crippen LogP contribution < -0.4 is 0 Å². The average Bonchev–Trinajstić information content (AvgIpc) is 2.67. The molecule has 0 aliphatic rings. The van der Waals surface area contributed by atoms with Crippen LogP contribution in [0.2, 0.25) is 0 Å². The van der Waals surface area contributed by atoms with Crippen molar-refractivity contribution in [3.05, 3.63) is 0 Å². The van der Waals surface area contributed by atoms with Crippen LogP contribution >= 0.6 is 31.9 Å². The van der Waals surface area contributed by atoms with Gasteiger partial charge in [0.05, 0.1) is 6.61 Å². The molecule has 3 atom stereocenters. The molecule has 27 heavy (non-hydrogen) atoms. The Balaban J connectivity index is 3.46. The number of hydrogen-bond acceptors (Lipinski definition) is 4. The first-order valence-electron chi connectivity index (χ1n) is 10.7. The molecule has 6 heteroatoms. The van der Waals surface area contributed by atoms with Crippen molar-refractivity contribution in [3.8, 4) is 0 Å². The minimum atomic E-state index is -0.967. The minimum absolute atomic E-state index is 0.117. The molecule has 2 unspecified atom stereocenters. The molecule has 0 saturated heterocycles. The van der Waals surface area contributed by atoms with E-state index in [1.807, 2.05) is 0 Å². The molecule has 0 fully saturated rings. The van der Waals surface area contributed by atoms with Crippen LogP contribution in [0.25, 0.3) is 0 Å². The van der Waals surface area contributed by atoms with Gasteiger partial charge in [-0.15, -0.1) is 0 Å². The summed E-state index contributed by atoms with van der Waals surface area (Å²) >= 11 is 7.66. The fourth-order valence-corrected chi connectivity index (χ4v) is 4.11. The number of aliphatic hydroxyl groups is 2. The van der Waals surface area contributed by atoms with Crippen LogP contribution in [0.3, 0.4) is 0 Å². The van der Waals surface area contributed by atoms with Crippen LogP contribution in [-0.2, 0) is 9.53 Å². The molecule has 0 saturated carbocycles. The quantitative estimate of drug-likeness (QED) is 0.128. The molecule has 0 rings (SSSR count). The number of rotatable bonds is 19. The van der Waals surface area contributed by atoms with Gasteiger partial charge >= 0.3 is 5.97 Å². The van der Waals surface area contributed by atoms with Crippen molar-refractivity contribution in [1.82, 2.24) is 0 Å². The SMILES string of the molecule is CCCCCCCCC(Br)C(Br)CCCCCCCC(=O)OC[C@@H](O)CO. The Hall–Kier alpha value is 0.350. The second-order valence-electron chi connectivity index (χ2n) is 7.41. The van der Waals surface area contributed by atoms with Crippen molar-refractivity contribution >= 4 is 37.8 Å². The summed E-state index contributed by atoms with van der Waals surface area (Å²) in [4.78, 5) is 12.6. The molecule has 0 aliphatic carbocycles. The minimum Gasteiger partial charge on any atom is -0.463 e. The van der Waals surface area contributed by atoms with Crippen molar-refractivity contribution in [2.45, 2.75) is 113 Å². The summed E-state index contributed by atoms with van der Waals surface area (Å²) in [6.45, 7) is 1.76. The number of carbonyl (C=O) groups excluding carboxylic acids is 1. The van der Waals surface area contributed by atoms with Gasteiger partial charge in [-0.3, -0.25) is 4.79 Å². The van der Waals surface area contributed by atoms with Crippen LogP contribution in [0, 0.1) is 0 Å². The van der Waals surface area contributed by atoms with Crippen molar-refractivity contribution in [1.29, 1.82) is 0 Å². The molecule has 162 valence electrons. The first kappa shape index (κ1) is 27.4. The average molecular weight is 516 g/mol. The molecule has 0 spiro atoms. The van der Waals surface area contributed by atoms with Gasteiger partial charge < -0.3 is 14.9 Å². The summed E-state index contributed by atoms with van der Waals surface area (Å²) in [5.74, 6) is -0.292. The predicted octanol–water partition coefficient (Wildman–Crippen LogP) is 5.89. The Morgan fingerprint density at radius 3 is 1.85 bits per heavy atom. The summed E-state index contributed by atoms with van der Waals surface area (Å²) in [6.07, 6.45) is 15.3. The van der Waals surface area contributed by atoms with Crippen molar-refractivity contribution in [2.24, 2.45) is 0 Å². The van der Waals surface area contributed by atoms with E-state index in [0.717, 1.165) is 19.3 Å². The monoisotopic (exact) mass is 514 g/mol. The van der Waals surface area contributed by atoms with E-state index in [1.165, 1.54) is 64.2 Å². The molecule has 0 aliphatic heterocycles. The van der Waals surface area contributed by atoms with Gasteiger partial charge in [-0.1, -0.05) is 103 Å². The number of ether oxygens (including phenoxy) is 1. The molecule has 0 aromatic heterocycles. The maximum atomic E-state index is 11.5. The maximum absolute atomic E-state index is 11.5. The molecule has 0 aromatic carbocycles. The highest BCUT2D eigenvalue weighted by atomic mass is 79.9. The zero-order chi connectivity index (χ0) is 20.3. The fourth-order valence-electron chi connectivity index (χ4n) is 2.93. The Morgan fingerprint density at radius 2 is 1.33 bits per heavy atom. The van der Waals surface area contributed by atoms with Gasteiger partial charge in [-0.2, -0.15) is 0 Å². The van der Waals surface area contributed by atoms with Crippen LogP contribution in [0.5, 0.6) is 0 Å². The highest BCUT2D eigenvalue weighted by molar-refractivity contribution is 9.12. The Bertz CT molecular complexity index is 342. The molecule has 4 nitrogen and oxygen atoms in total. The van der Waals surface area contributed by atoms with Gasteiger partial charge in [0.15, 0.2) is 0 Å². The van der Waals surface area contributed by atoms with E-state index in [1.54, 1.807) is 0 Å². The highest BCUT2D eigenvalue weighted by Gasteiger charge is 2.15. The first-order valence-corrected chi connectivity index (χ1v) is 12.6. The van der Waals surface area contributed by atoms with Gasteiger partial charge in [-0.25, -0.2) is 0 Å². The summed E-state index contributed by atoms with van der Waals surface area (Å²) in [6, 6.07) is 0. The third-order valence-electron chi connectivity index (χ3n) is 4.73. The van der Waals surface area contributed by atoms with Crippen LogP contribution in [0.15, 0.2) is 0 Å². The Labute approximate surface area is 183 Å². The lowest BCUT2D eigenvalue weighted by Crippen LogP contribution is -2.21. The largest absolute Gasteiger partial charge is 0.463 e. The lowest BCUT2D eigenvalue weighted by atomic mass is 10.0. The van der Waals surface area contributed by atoms with Crippen molar-refractivity contribution in [3.63, 3.8) is 0 Å². The smallest absolute Gasteiger partial charge is 0.305 e. The summed E-state index contributed by atoms with van der Waals surface area (Å²) in [5.41, 5.74) is 0. The van der Waals surface area contributed by atoms with E-state index in [4.69, 9.17) is 14.9 Å². The van der Waals surface area contributed by atoms with E-state index < -0.39 is 6.10 Å². The number of unbranched alkanes of at least 4 members (excludes halogenated alkanes) is 9. The standard InChI is InChI=1S/C21H40Br2O4/c1-2-3-4-5-7-10-13-19(22)20(23)14-11-8-6-9-12-15-21(26)27-17-18(25)16-24/h18-20,24-25H,2-17H2,1H3/t18-,19?,20?/m0/s1. The number of carbonyl (C=O) groups is 1. The van der Waals surface area contributed by atoms with Gasteiger partial charge in [0, 0.05) is 16.1 Å². The fraction of sp³-hybridized carbons (Fsp3) is 0.952. The topological polar surface area (TPSA) is 66.8 Å². The number of halogens is 2. The van der Waals surface area contributed by atoms with Crippen LogP contribution in [-0.4, -0.2) is 45.2 Å². The first-order chi connectivity index (χ1) is 13.0. The van der Waals surface area contributed by atoms with Gasteiger partial charge in [0.25, 0.3) is 0 Å². The number of alkyl halides is 2. The number of hydrogen-bond donors (Lipinski definition) is 2. The lowest BCUT2D eigenvalue weighted by Gasteiger charge is -2.16. The maximum Gasteiger partial charge on any atom is 0.305 e. The number of esters is 1. The van der Waals surface area contributed by atoms with Crippen molar-refractivity contribution in [2.75, 3.05) is 13.2 Å². The Kier molecular flexibility index (Phi) is 19.9. The van der Waals surface area contributed by atoms with Gasteiger partial charge in [-0.05, 0) is 19.3 Å². The summed E-state index contributed by atoms with van der Waals surface area (Å²) < 4.78 is 4.88. The van der Waals surface area contributed by atoms with E-state index in [2.05, 4.69) is 38.8 Å². The molecule has 0 heterocycles. The third kappa shape index (κ3) is 18.1. The second kappa shape index (κ2) is 19.7.